The third-order valence-electron chi connectivity index (χ3n) is 2.38. The molecule has 0 spiro atoms. The Morgan fingerprint density at radius 2 is 2.24 bits per heavy atom. The van der Waals surface area contributed by atoms with E-state index in [1.165, 1.54) is 10.5 Å². The molecule has 1 aromatic carbocycles. The van der Waals surface area contributed by atoms with Crippen LogP contribution in [0.1, 0.15) is 24.2 Å². The van der Waals surface area contributed by atoms with Gasteiger partial charge in [0.25, 0.3) is 0 Å². The van der Waals surface area contributed by atoms with Crippen molar-refractivity contribution in [2.75, 3.05) is 5.73 Å². The molecule has 0 aliphatic carbocycles. The van der Waals surface area contributed by atoms with Crippen LogP contribution in [0.4, 0.5) is 5.69 Å². The maximum Gasteiger partial charge on any atom is 0.237 e. The van der Waals surface area contributed by atoms with Crippen LogP contribution in [-0.4, -0.2) is 10.1 Å². The normalized spacial score (nSPS) is 10.7. The molecular weight excluding hydrogens is 234 g/mol. The van der Waals surface area contributed by atoms with Crippen molar-refractivity contribution >= 4 is 17.4 Å². The number of hydrogen-bond donors (Lipinski definition) is 1. The van der Waals surface area contributed by atoms with Gasteiger partial charge in [0.05, 0.1) is 5.75 Å². The standard InChI is InChI=1S/C12H15N3OS/c1-3-11-14-12(16-15-11)7-17-10-5-4-9(13)6-8(10)2/h4-6H,3,7,13H2,1-2H3. The molecule has 0 aliphatic rings. The van der Waals surface area contributed by atoms with E-state index >= 15 is 0 Å². The van der Waals surface area contributed by atoms with Crippen molar-refractivity contribution in [3.05, 3.63) is 35.5 Å². The summed E-state index contributed by atoms with van der Waals surface area (Å²) in [4.78, 5) is 5.46. The Balaban J connectivity index is 2.02. The fourth-order valence-electron chi connectivity index (χ4n) is 1.47. The fourth-order valence-corrected chi connectivity index (χ4v) is 2.31. The van der Waals surface area contributed by atoms with Gasteiger partial charge in [-0.25, -0.2) is 0 Å². The van der Waals surface area contributed by atoms with Crippen molar-refractivity contribution in [2.45, 2.75) is 30.9 Å². The average molecular weight is 249 g/mol. The first kappa shape index (κ1) is 12.0. The molecule has 0 atom stereocenters. The molecule has 0 bridgehead atoms. The first-order chi connectivity index (χ1) is 8.19. The lowest BCUT2D eigenvalue weighted by atomic mass is 10.2. The summed E-state index contributed by atoms with van der Waals surface area (Å²) < 4.78 is 5.13. The lowest BCUT2D eigenvalue weighted by molar-refractivity contribution is 0.385. The van der Waals surface area contributed by atoms with Crippen molar-refractivity contribution in [1.29, 1.82) is 0 Å². The summed E-state index contributed by atoms with van der Waals surface area (Å²) >= 11 is 1.68. The van der Waals surface area contributed by atoms with Crippen LogP contribution in [0.15, 0.2) is 27.6 Å². The molecule has 5 heteroatoms. The minimum Gasteiger partial charge on any atom is -0.399 e. The second-order valence-corrected chi connectivity index (χ2v) is 4.79. The van der Waals surface area contributed by atoms with Crippen LogP contribution in [-0.2, 0) is 12.2 Å². The van der Waals surface area contributed by atoms with Crippen LogP contribution in [0.5, 0.6) is 0 Å². The molecule has 0 aliphatic heterocycles. The Hall–Kier alpha value is -1.49. The van der Waals surface area contributed by atoms with E-state index in [4.69, 9.17) is 10.3 Å². The maximum absolute atomic E-state index is 5.71. The SMILES string of the molecule is CCc1noc(CSc2ccc(N)cc2C)n1. The van der Waals surface area contributed by atoms with E-state index in [0.717, 1.165) is 17.9 Å². The number of anilines is 1. The van der Waals surface area contributed by atoms with Gasteiger partial charge < -0.3 is 10.3 Å². The highest BCUT2D eigenvalue weighted by atomic mass is 32.2. The number of aromatic nitrogens is 2. The van der Waals surface area contributed by atoms with E-state index in [9.17, 15) is 0 Å². The van der Waals surface area contributed by atoms with Gasteiger partial charge >= 0.3 is 0 Å². The van der Waals surface area contributed by atoms with E-state index in [2.05, 4.69) is 10.1 Å². The van der Waals surface area contributed by atoms with E-state index in [1.54, 1.807) is 11.8 Å². The number of nitrogens with two attached hydrogens (primary N) is 1. The lowest BCUT2D eigenvalue weighted by Gasteiger charge is -2.04. The molecule has 0 saturated heterocycles. The highest BCUT2D eigenvalue weighted by molar-refractivity contribution is 7.98. The van der Waals surface area contributed by atoms with Crippen LogP contribution in [0.2, 0.25) is 0 Å². The second kappa shape index (κ2) is 5.23. The summed E-state index contributed by atoms with van der Waals surface area (Å²) in [6.07, 6.45) is 0.801. The molecule has 4 nitrogen and oxygen atoms in total. The smallest absolute Gasteiger partial charge is 0.237 e. The van der Waals surface area contributed by atoms with Crippen molar-refractivity contribution < 1.29 is 4.52 Å². The Morgan fingerprint density at radius 1 is 1.41 bits per heavy atom. The van der Waals surface area contributed by atoms with Gasteiger partial charge in [-0.1, -0.05) is 12.1 Å². The number of benzene rings is 1. The first-order valence-corrected chi connectivity index (χ1v) is 6.48. The van der Waals surface area contributed by atoms with Gasteiger partial charge in [0.15, 0.2) is 5.82 Å². The molecule has 1 heterocycles. The second-order valence-electron chi connectivity index (χ2n) is 3.77. The van der Waals surface area contributed by atoms with E-state index in [0.29, 0.717) is 11.6 Å². The van der Waals surface area contributed by atoms with Crippen LogP contribution < -0.4 is 5.73 Å². The highest BCUT2D eigenvalue weighted by Gasteiger charge is 2.06. The maximum atomic E-state index is 5.71. The van der Waals surface area contributed by atoms with Crippen molar-refractivity contribution in [1.82, 2.24) is 10.1 Å². The predicted octanol–water partition coefficient (Wildman–Crippen LogP) is 2.81. The zero-order valence-corrected chi connectivity index (χ0v) is 10.8. The average Bonchev–Trinajstić information content (AvgIpc) is 2.76. The van der Waals surface area contributed by atoms with Gasteiger partial charge in [-0.15, -0.1) is 11.8 Å². The Labute approximate surface area is 105 Å². The first-order valence-electron chi connectivity index (χ1n) is 5.49. The number of nitrogens with zero attached hydrogens (tertiary/aromatic N) is 2. The molecule has 2 N–H and O–H groups in total. The molecule has 17 heavy (non-hydrogen) atoms. The molecule has 2 aromatic rings. The molecular formula is C12H15N3OS. The van der Waals surface area contributed by atoms with Crippen LogP contribution in [0.3, 0.4) is 0 Å². The Kier molecular flexibility index (Phi) is 3.68. The summed E-state index contributed by atoms with van der Waals surface area (Å²) in [5.41, 5.74) is 7.67. The van der Waals surface area contributed by atoms with E-state index in [-0.39, 0.29) is 0 Å². The van der Waals surface area contributed by atoms with Crippen LogP contribution in [0.25, 0.3) is 0 Å². The van der Waals surface area contributed by atoms with Gasteiger partial charge in [0.1, 0.15) is 0 Å². The Bertz CT molecular complexity index is 510. The number of aryl methyl sites for hydroxylation is 2. The molecule has 0 amide bonds. The number of thioether (sulfide) groups is 1. The zero-order valence-electron chi connectivity index (χ0n) is 9.93. The summed E-state index contributed by atoms with van der Waals surface area (Å²) in [5.74, 6) is 2.12. The Morgan fingerprint density at radius 3 is 2.88 bits per heavy atom. The monoisotopic (exact) mass is 249 g/mol. The summed E-state index contributed by atoms with van der Waals surface area (Å²) in [6, 6.07) is 5.89. The number of nitrogen functional groups attached to an aromatic ring is 1. The lowest BCUT2D eigenvalue weighted by Crippen LogP contribution is -1.88. The molecule has 1 aromatic heterocycles. The molecule has 0 radical (unpaired) electrons. The fraction of sp³-hybridized carbons (Fsp3) is 0.333. The van der Waals surface area contributed by atoms with Crippen LogP contribution >= 0.6 is 11.8 Å². The topological polar surface area (TPSA) is 64.9 Å². The molecule has 90 valence electrons. The third kappa shape index (κ3) is 3.00. The predicted molar refractivity (Wildman–Crippen MR) is 68.8 cm³/mol. The molecule has 0 saturated carbocycles. The number of rotatable bonds is 4. The summed E-state index contributed by atoms with van der Waals surface area (Å²) in [6.45, 7) is 4.05. The van der Waals surface area contributed by atoms with Crippen molar-refractivity contribution in [2.24, 2.45) is 0 Å². The quantitative estimate of drug-likeness (QED) is 0.666. The van der Waals surface area contributed by atoms with E-state index < -0.39 is 0 Å². The van der Waals surface area contributed by atoms with Crippen molar-refractivity contribution in [3.8, 4) is 0 Å². The van der Waals surface area contributed by atoms with Gasteiger partial charge in [0, 0.05) is 17.0 Å². The largest absolute Gasteiger partial charge is 0.399 e. The summed E-state index contributed by atoms with van der Waals surface area (Å²) in [7, 11) is 0. The van der Waals surface area contributed by atoms with Crippen molar-refractivity contribution in [3.63, 3.8) is 0 Å². The van der Waals surface area contributed by atoms with Crippen LogP contribution in [0, 0.1) is 6.92 Å². The molecule has 0 unspecified atom stereocenters. The van der Waals surface area contributed by atoms with Gasteiger partial charge in [-0.2, -0.15) is 4.98 Å². The minimum absolute atomic E-state index is 0.670. The number of hydrogen-bond acceptors (Lipinski definition) is 5. The zero-order chi connectivity index (χ0) is 12.3. The highest BCUT2D eigenvalue weighted by Crippen LogP contribution is 2.26. The summed E-state index contributed by atoms with van der Waals surface area (Å²) in [5, 5.41) is 3.86. The van der Waals surface area contributed by atoms with Gasteiger partial charge in [-0.3, -0.25) is 0 Å². The minimum atomic E-state index is 0.670. The third-order valence-corrected chi connectivity index (χ3v) is 3.54. The van der Waals surface area contributed by atoms with E-state index in [1.807, 2.05) is 32.0 Å². The molecule has 2 rings (SSSR count). The van der Waals surface area contributed by atoms with Gasteiger partial charge in [0.2, 0.25) is 5.89 Å². The molecule has 0 fully saturated rings. The van der Waals surface area contributed by atoms with Gasteiger partial charge in [-0.05, 0) is 30.7 Å².